The number of nitrogens with zero attached hydrogens (tertiary/aromatic N) is 2. The zero-order chi connectivity index (χ0) is 14.3. The predicted octanol–water partition coefficient (Wildman–Crippen LogP) is 5.05. The van der Waals surface area contributed by atoms with Crippen molar-refractivity contribution in [2.45, 2.75) is 6.92 Å². The maximum atomic E-state index is 13.2. The number of rotatable bonds is 1. The lowest BCUT2D eigenvalue weighted by molar-refractivity contribution is 0.627. The van der Waals surface area contributed by atoms with Crippen LogP contribution in [0.4, 0.5) is 4.39 Å². The molecule has 0 saturated carbocycles. The Morgan fingerprint density at radius 2 is 1.85 bits per heavy atom. The molecule has 2 aromatic carbocycles. The highest BCUT2D eigenvalue weighted by Crippen LogP contribution is 2.30. The van der Waals surface area contributed by atoms with Crippen molar-refractivity contribution in [3.63, 3.8) is 0 Å². The van der Waals surface area contributed by atoms with Gasteiger partial charge in [0.05, 0.1) is 10.5 Å². The summed E-state index contributed by atoms with van der Waals surface area (Å²) < 4.78 is 13.2. The molecule has 100 valence electrons. The van der Waals surface area contributed by atoms with Crippen LogP contribution in [0, 0.1) is 12.7 Å². The fourth-order valence-corrected chi connectivity index (χ4v) is 2.53. The van der Waals surface area contributed by atoms with Crippen LogP contribution < -0.4 is 0 Å². The van der Waals surface area contributed by atoms with E-state index in [9.17, 15) is 4.39 Å². The fourth-order valence-electron chi connectivity index (χ4n) is 2.08. The largest absolute Gasteiger partial charge is 0.226 e. The molecule has 1 heterocycles. The zero-order valence-electron chi connectivity index (χ0n) is 10.5. The lowest BCUT2D eigenvalue weighted by atomic mass is 10.1. The van der Waals surface area contributed by atoms with Crippen molar-refractivity contribution >= 4 is 34.1 Å². The molecule has 5 heteroatoms. The van der Waals surface area contributed by atoms with Gasteiger partial charge in [-0.25, -0.2) is 14.4 Å². The molecular weight excluding hydrogens is 298 g/mol. The van der Waals surface area contributed by atoms with Crippen LogP contribution >= 0.6 is 23.2 Å². The molecule has 20 heavy (non-hydrogen) atoms. The molecule has 0 aliphatic heterocycles. The number of aromatic nitrogens is 2. The molecule has 0 unspecified atom stereocenters. The first-order valence-electron chi connectivity index (χ1n) is 5.94. The minimum Gasteiger partial charge on any atom is -0.226 e. The highest BCUT2D eigenvalue weighted by atomic mass is 35.5. The molecule has 0 fully saturated rings. The smallest absolute Gasteiger partial charge is 0.161 e. The Bertz CT molecular complexity index is 818. The molecule has 0 atom stereocenters. The van der Waals surface area contributed by atoms with Crippen LogP contribution in [0.3, 0.4) is 0 Å². The summed E-state index contributed by atoms with van der Waals surface area (Å²) in [4.78, 5) is 8.72. The van der Waals surface area contributed by atoms with Gasteiger partial charge >= 0.3 is 0 Å². The Kier molecular flexibility index (Phi) is 3.32. The molecule has 0 aliphatic carbocycles. The molecule has 0 N–H and O–H groups in total. The quantitative estimate of drug-likeness (QED) is 0.588. The van der Waals surface area contributed by atoms with E-state index in [1.807, 2.05) is 6.07 Å². The summed E-state index contributed by atoms with van der Waals surface area (Å²) in [5.41, 5.74) is 2.07. The first-order chi connectivity index (χ1) is 9.56. The zero-order valence-corrected chi connectivity index (χ0v) is 12.0. The van der Waals surface area contributed by atoms with Gasteiger partial charge in [-0.3, -0.25) is 0 Å². The number of halogens is 3. The van der Waals surface area contributed by atoms with Gasteiger partial charge in [-0.05, 0) is 42.8 Å². The fraction of sp³-hybridized carbons (Fsp3) is 0.0667. The van der Waals surface area contributed by atoms with Crippen molar-refractivity contribution in [2.24, 2.45) is 0 Å². The van der Waals surface area contributed by atoms with Crippen molar-refractivity contribution in [1.29, 1.82) is 0 Å². The monoisotopic (exact) mass is 306 g/mol. The number of benzene rings is 2. The number of hydrogen-bond donors (Lipinski definition) is 0. The van der Waals surface area contributed by atoms with E-state index in [1.54, 1.807) is 25.1 Å². The summed E-state index contributed by atoms with van der Waals surface area (Å²) in [5, 5.41) is 1.53. The second-order valence-corrected chi connectivity index (χ2v) is 5.20. The SMILES string of the molecule is Cc1cc(F)ccc1-c1nc(Cl)c2cccc(Cl)c2n1. The molecule has 0 saturated heterocycles. The van der Waals surface area contributed by atoms with Crippen LogP contribution in [0.25, 0.3) is 22.3 Å². The van der Waals surface area contributed by atoms with Crippen LogP contribution in [-0.4, -0.2) is 9.97 Å². The minimum atomic E-state index is -0.295. The van der Waals surface area contributed by atoms with Crippen LogP contribution in [0.15, 0.2) is 36.4 Å². The van der Waals surface area contributed by atoms with Crippen LogP contribution in [-0.2, 0) is 0 Å². The van der Waals surface area contributed by atoms with Gasteiger partial charge in [-0.15, -0.1) is 0 Å². The molecule has 2 nitrogen and oxygen atoms in total. The van der Waals surface area contributed by atoms with Crippen LogP contribution in [0.5, 0.6) is 0 Å². The number of hydrogen-bond acceptors (Lipinski definition) is 2. The van der Waals surface area contributed by atoms with Crippen LogP contribution in [0.1, 0.15) is 5.56 Å². The summed E-state index contributed by atoms with van der Waals surface area (Å²) in [6.07, 6.45) is 0. The van der Waals surface area contributed by atoms with E-state index < -0.39 is 0 Å². The first kappa shape index (κ1) is 13.3. The first-order valence-corrected chi connectivity index (χ1v) is 6.70. The van der Waals surface area contributed by atoms with Gasteiger partial charge < -0.3 is 0 Å². The number of aryl methyl sites for hydroxylation is 1. The van der Waals surface area contributed by atoms with Crippen molar-refractivity contribution in [3.8, 4) is 11.4 Å². The van der Waals surface area contributed by atoms with Gasteiger partial charge in [0, 0.05) is 10.9 Å². The highest BCUT2D eigenvalue weighted by Gasteiger charge is 2.12. The third-order valence-corrected chi connectivity index (χ3v) is 3.65. The van der Waals surface area contributed by atoms with Gasteiger partial charge in [0.2, 0.25) is 0 Å². The minimum absolute atomic E-state index is 0.295. The van der Waals surface area contributed by atoms with Gasteiger partial charge in [0.1, 0.15) is 11.0 Å². The van der Waals surface area contributed by atoms with Gasteiger partial charge in [0.25, 0.3) is 0 Å². The molecule has 0 amide bonds. The molecule has 3 rings (SSSR count). The molecule has 3 aromatic rings. The predicted molar refractivity (Wildman–Crippen MR) is 79.7 cm³/mol. The maximum Gasteiger partial charge on any atom is 0.161 e. The standard InChI is InChI=1S/C15H9Cl2FN2/c1-8-7-9(18)5-6-10(8)15-19-13-11(14(17)20-15)3-2-4-12(13)16/h2-7H,1H3. The Balaban J connectivity index is 2.29. The van der Waals surface area contributed by atoms with Crippen molar-refractivity contribution in [2.75, 3.05) is 0 Å². The van der Waals surface area contributed by atoms with E-state index in [4.69, 9.17) is 23.2 Å². The van der Waals surface area contributed by atoms with E-state index in [0.717, 1.165) is 11.1 Å². The molecule has 0 spiro atoms. The molecule has 1 aromatic heterocycles. The Hall–Kier alpha value is -1.71. The Morgan fingerprint density at radius 3 is 2.60 bits per heavy atom. The normalized spacial score (nSPS) is 11.0. The van der Waals surface area contributed by atoms with Crippen molar-refractivity contribution in [3.05, 3.63) is 58.0 Å². The summed E-state index contributed by atoms with van der Waals surface area (Å²) in [6, 6.07) is 9.79. The van der Waals surface area contributed by atoms with Crippen LogP contribution in [0.2, 0.25) is 10.2 Å². The highest BCUT2D eigenvalue weighted by molar-refractivity contribution is 6.38. The lowest BCUT2D eigenvalue weighted by Crippen LogP contribution is -1.95. The van der Waals surface area contributed by atoms with E-state index in [2.05, 4.69) is 9.97 Å². The summed E-state index contributed by atoms with van der Waals surface area (Å²) >= 11 is 12.3. The average Bonchev–Trinajstić information content (AvgIpc) is 2.40. The molecule has 0 radical (unpaired) electrons. The lowest BCUT2D eigenvalue weighted by Gasteiger charge is -2.08. The second-order valence-electron chi connectivity index (χ2n) is 4.43. The van der Waals surface area contributed by atoms with Gasteiger partial charge in [0.15, 0.2) is 5.82 Å². The average molecular weight is 307 g/mol. The maximum absolute atomic E-state index is 13.2. The number of fused-ring (bicyclic) bond motifs is 1. The van der Waals surface area contributed by atoms with Crippen molar-refractivity contribution < 1.29 is 4.39 Å². The van der Waals surface area contributed by atoms with E-state index in [1.165, 1.54) is 12.1 Å². The Morgan fingerprint density at radius 1 is 1.05 bits per heavy atom. The van der Waals surface area contributed by atoms with E-state index in [-0.39, 0.29) is 5.82 Å². The van der Waals surface area contributed by atoms with Gasteiger partial charge in [-0.1, -0.05) is 29.3 Å². The molecule has 0 bridgehead atoms. The number of para-hydroxylation sites is 1. The summed E-state index contributed by atoms with van der Waals surface area (Å²) in [7, 11) is 0. The second kappa shape index (κ2) is 5.00. The third kappa shape index (κ3) is 2.23. The third-order valence-electron chi connectivity index (χ3n) is 3.06. The Labute approximate surface area is 125 Å². The van der Waals surface area contributed by atoms with E-state index in [0.29, 0.717) is 26.9 Å². The summed E-state index contributed by atoms with van der Waals surface area (Å²) in [5.74, 6) is 0.143. The van der Waals surface area contributed by atoms with E-state index >= 15 is 0 Å². The molecular formula is C15H9Cl2FN2. The molecule has 0 aliphatic rings. The topological polar surface area (TPSA) is 25.8 Å². The summed E-state index contributed by atoms with van der Waals surface area (Å²) in [6.45, 7) is 1.80. The van der Waals surface area contributed by atoms with Gasteiger partial charge in [-0.2, -0.15) is 0 Å². The van der Waals surface area contributed by atoms with Crippen molar-refractivity contribution in [1.82, 2.24) is 9.97 Å².